The van der Waals surface area contributed by atoms with Crippen molar-refractivity contribution in [3.63, 3.8) is 0 Å². The number of halogens is 1. The van der Waals surface area contributed by atoms with Gasteiger partial charge in [-0.05, 0) is 87.2 Å². The first-order valence-electron chi connectivity index (χ1n) is 12.6. The molecule has 35 heavy (non-hydrogen) atoms. The van der Waals surface area contributed by atoms with Crippen molar-refractivity contribution in [2.75, 3.05) is 52.1 Å². The molecule has 2 aliphatic heterocycles. The third kappa shape index (κ3) is 7.29. The number of rotatable bonds is 9. The summed E-state index contributed by atoms with van der Waals surface area (Å²) in [6.07, 6.45) is 6.54. The van der Waals surface area contributed by atoms with E-state index in [9.17, 15) is 13.2 Å². The smallest absolute Gasteiger partial charge is 0.254 e. The largest absolute Gasteiger partial charge is 0.334 e. The van der Waals surface area contributed by atoms with E-state index in [2.05, 4.69) is 21.9 Å². The molecule has 0 atom stereocenters. The van der Waals surface area contributed by atoms with Crippen molar-refractivity contribution in [3.05, 3.63) is 64.7 Å². The topological polar surface area (TPSA) is 60.9 Å². The van der Waals surface area contributed by atoms with Gasteiger partial charge < -0.3 is 14.7 Å². The Bertz CT molecular complexity index is 1080. The van der Waals surface area contributed by atoms with Crippen molar-refractivity contribution in [3.8, 4) is 0 Å². The minimum absolute atomic E-state index is 0.00358. The van der Waals surface area contributed by atoms with Gasteiger partial charge in [0.2, 0.25) is 0 Å². The van der Waals surface area contributed by atoms with Crippen LogP contribution in [0.3, 0.4) is 0 Å². The van der Waals surface area contributed by atoms with Gasteiger partial charge in [0.25, 0.3) is 5.91 Å². The first-order valence-corrected chi connectivity index (χ1v) is 14.9. The Morgan fingerprint density at radius 3 is 2.11 bits per heavy atom. The predicted molar refractivity (Wildman–Crippen MR) is 141 cm³/mol. The number of likely N-dealkylation sites (tertiary alicyclic amines) is 2. The third-order valence-corrected chi connectivity index (χ3v) is 8.65. The second-order valence-electron chi connectivity index (χ2n) is 9.79. The molecule has 4 rings (SSSR count). The van der Waals surface area contributed by atoms with Gasteiger partial charge in [-0.15, -0.1) is 0 Å². The van der Waals surface area contributed by atoms with Crippen LogP contribution in [0.15, 0.2) is 53.4 Å². The van der Waals surface area contributed by atoms with Crippen molar-refractivity contribution < 1.29 is 13.2 Å². The maximum atomic E-state index is 13.6. The molecule has 2 heterocycles. The highest BCUT2D eigenvalue weighted by molar-refractivity contribution is 7.90. The quantitative estimate of drug-likeness (QED) is 0.503. The summed E-state index contributed by atoms with van der Waals surface area (Å²) in [7, 11) is -3.28. The van der Waals surface area contributed by atoms with E-state index in [1.165, 1.54) is 24.7 Å². The van der Waals surface area contributed by atoms with E-state index >= 15 is 0 Å². The van der Waals surface area contributed by atoms with Crippen LogP contribution in [-0.4, -0.2) is 87.1 Å². The van der Waals surface area contributed by atoms with Crippen molar-refractivity contribution >= 4 is 27.3 Å². The second-order valence-corrected chi connectivity index (χ2v) is 12.2. The molecule has 190 valence electrons. The lowest BCUT2D eigenvalue weighted by Crippen LogP contribution is -2.49. The highest BCUT2D eigenvalue weighted by atomic mass is 35.5. The first kappa shape index (κ1) is 26.1. The monoisotopic (exact) mass is 517 g/mol. The number of nitrogens with zero attached hydrogens (tertiary/aromatic N) is 3. The fraction of sp³-hybridized carbons (Fsp3) is 0.519. The molecule has 0 saturated carbocycles. The average Bonchev–Trinajstić information content (AvgIpc) is 3.38. The third-order valence-electron chi connectivity index (χ3n) is 7.27. The summed E-state index contributed by atoms with van der Waals surface area (Å²) in [5, 5.41) is 0.763. The standard InChI is InChI=1S/C27H36ClN3O3S/c1-35(33,34)26-10-6-23(7-11-26)27(32)31(21-20-29-15-2-3-16-29)25-13-18-30(19-14-25)17-12-22-4-8-24(28)9-5-22/h4-11,25H,2-3,12-21H2,1H3. The van der Waals surface area contributed by atoms with E-state index in [0.29, 0.717) is 12.1 Å². The molecule has 0 aliphatic carbocycles. The fourth-order valence-electron chi connectivity index (χ4n) is 5.11. The van der Waals surface area contributed by atoms with Crippen LogP contribution in [0.4, 0.5) is 0 Å². The Balaban J connectivity index is 1.38. The molecule has 1 amide bonds. The SMILES string of the molecule is CS(=O)(=O)c1ccc(C(=O)N(CCN2CCCC2)C2CCN(CCc3ccc(Cl)cc3)CC2)cc1. The summed E-state index contributed by atoms with van der Waals surface area (Å²) in [6, 6.07) is 14.6. The summed E-state index contributed by atoms with van der Waals surface area (Å²) in [5.74, 6) is 0.00358. The molecule has 0 N–H and O–H groups in total. The lowest BCUT2D eigenvalue weighted by molar-refractivity contribution is 0.0549. The molecule has 8 heteroatoms. The van der Waals surface area contributed by atoms with Gasteiger partial charge in [-0.25, -0.2) is 8.42 Å². The lowest BCUT2D eigenvalue weighted by atomic mass is 10.0. The summed E-state index contributed by atoms with van der Waals surface area (Å²) >= 11 is 6.00. The lowest BCUT2D eigenvalue weighted by Gasteiger charge is -2.39. The Hall–Kier alpha value is -1.93. The fourth-order valence-corrected chi connectivity index (χ4v) is 5.87. The Kier molecular flexibility index (Phi) is 8.87. The highest BCUT2D eigenvalue weighted by Crippen LogP contribution is 2.21. The number of sulfone groups is 1. The average molecular weight is 518 g/mol. The van der Waals surface area contributed by atoms with Crippen LogP contribution in [0.1, 0.15) is 41.6 Å². The van der Waals surface area contributed by atoms with Crippen LogP contribution >= 0.6 is 11.6 Å². The number of amides is 1. The first-order chi connectivity index (χ1) is 16.8. The zero-order valence-corrected chi connectivity index (χ0v) is 22.1. The van der Waals surface area contributed by atoms with E-state index < -0.39 is 9.84 Å². The second kappa shape index (κ2) is 11.9. The van der Waals surface area contributed by atoms with Crippen LogP contribution in [0.5, 0.6) is 0 Å². The van der Waals surface area contributed by atoms with Crippen molar-refractivity contribution in [1.29, 1.82) is 0 Å². The van der Waals surface area contributed by atoms with Crippen LogP contribution < -0.4 is 0 Å². The summed E-state index contributed by atoms with van der Waals surface area (Å²) < 4.78 is 23.6. The molecule has 0 bridgehead atoms. The van der Waals surface area contributed by atoms with Crippen molar-refractivity contribution in [1.82, 2.24) is 14.7 Å². The molecule has 2 saturated heterocycles. The summed E-state index contributed by atoms with van der Waals surface area (Å²) in [6.45, 7) is 6.76. The molecular weight excluding hydrogens is 482 g/mol. The molecule has 2 aromatic carbocycles. The van der Waals surface area contributed by atoms with Gasteiger partial charge >= 0.3 is 0 Å². The van der Waals surface area contributed by atoms with E-state index in [4.69, 9.17) is 11.6 Å². The summed E-state index contributed by atoms with van der Waals surface area (Å²) in [4.78, 5) is 20.8. The molecule has 2 aromatic rings. The number of piperidine rings is 1. The molecule has 0 spiro atoms. The number of carbonyl (C=O) groups excluding carboxylic acids is 1. The highest BCUT2D eigenvalue weighted by Gasteiger charge is 2.29. The number of hydrogen-bond donors (Lipinski definition) is 0. The van der Waals surface area contributed by atoms with Gasteiger partial charge in [-0.2, -0.15) is 0 Å². The van der Waals surface area contributed by atoms with Gasteiger partial charge in [0.1, 0.15) is 0 Å². The zero-order chi connectivity index (χ0) is 24.8. The van der Waals surface area contributed by atoms with Gasteiger partial charge in [-0.3, -0.25) is 4.79 Å². The van der Waals surface area contributed by atoms with Crippen LogP contribution in [-0.2, 0) is 16.3 Å². The Morgan fingerprint density at radius 1 is 0.914 bits per heavy atom. The Labute approximate surface area is 214 Å². The van der Waals surface area contributed by atoms with E-state index in [1.807, 2.05) is 17.0 Å². The molecule has 6 nitrogen and oxygen atoms in total. The van der Waals surface area contributed by atoms with Gasteiger partial charge in [0, 0.05) is 55.6 Å². The minimum atomic E-state index is -3.28. The van der Waals surface area contributed by atoms with Crippen molar-refractivity contribution in [2.45, 2.75) is 43.0 Å². The van der Waals surface area contributed by atoms with Gasteiger partial charge in [0.15, 0.2) is 9.84 Å². The maximum absolute atomic E-state index is 13.6. The van der Waals surface area contributed by atoms with E-state index in [-0.39, 0.29) is 16.8 Å². The molecule has 0 radical (unpaired) electrons. The molecule has 0 aromatic heterocycles. The van der Waals surface area contributed by atoms with Gasteiger partial charge in [0.05, 0.1) is 4.90 Å². The molecule has 2 aliphatic rings. The Morgan fingerprint density at radius 2 is 1.51 bits per heavy atom. The van der Waals surface area contributed by atoms with E-state index in [1.54, 1.807) is 24.3 Å². The van der Waals surface area contributed by atoms with Crippen molar-refractivity contribution in [2.24, 2.45) is 0 Å². The normalized spacial score (nSPS) is 18.1. The molecular formula is C27H36ClN3O3S. The predicted octanol–water partition coefficient (Wildman–Crippen LogP) is 3.99. The minimum Gasteiger partial charge on any atom is -0.334 e. The van der Waals surface area contributed by atoms with Crippen LogP contribution in [0, 0.1) is 0 Å². The zero-order valence-electron chi connectivity index (χ0n) is 20.5. The number of benzene rings is 2. The van der Waals surface area contributed by atoms with Crippen LogP contribution in [0.2, 0.25) is 5.02 Å². The summed E-state index contributed by atoms with van der Waals surface area (Å²) in [5.41, 5.74) is 1.85. The maximum Gasteiger partial charge on any atom is 0.254 e. The van der Waals surface area contributed by atoms with Gasteiger partial charge in [-0.1, -0.05) is 23.7 Å². The molecule has 2 fully saturated rings. The van der Waals surface area contributed by atoms with Crippen LogP contribution in [0.25, 0.3) is 0 Å². The van der Waals surface area contributed by atoms with E-state index in [0.717, 1.165) is 63.6 Å². The molecule has 0 unspecified atom stereocenters. The number of carbonyl (C=O) groups is 1. The number of hydrogen-bond acceptors (Lipinski definition) is 5.